The predicted molar refractivity (Wildman–Crippen MR) is 76.1 cm³/mol. The molecule has 2 aromatic heterocycles. The van der Waals surface area contributed by atoms with Crippen LogP contribution in [0.2, 0.25) is 0 Å². The number of rotatable bonds is 1. The average molecular weight is 259 g/mol. The van der Waals surface area contributed by atoms with Crippen LogP contribution in [0.15, 0.2) is 23.7 Å². The molecule has 94 valence electrons. The number of aromatic nitrogens is 1. The Kier molecular flexibility index (Phi) is 2.35. The Morgan fingerprint density at radius 1 is 1.22 bits per heavy atom. The molecule has 0 spiro atoms. The number of fused-ring (bicyclic) bond motifs is 3. The molecule has 0 radical (unpaired) electrons. The summed E-state index contributed by atoms with van der Waals surface area (Å²) in [6.07, 6.45) is 6.75. The highest BCUT2D eigenvalue weighted by molar-refractivity contribution is 7.17. The smallest absolute Gasteiger partial charge is 0.137 e. The van der Waals surface area contributed by atoms with Gasteiger partial charge in [0.05, 0.1) is 0 Å². The molecule has 2 aliphatic heterocycles. The molecule has 2 atom stereocenters. The Morgan fingerprint density at radius 3 is 2.78 bits per heavy atom. The summed E-state index contributed by atoms with van der Waals surface area (Å²) in [5, 5.41) is 3.47. The molecule has 2 saturated heterocycles. The van der Waals surface area contributed by atoms with E-state index >= 15 is 0 Å². The molecule has 3 nitrogen and oxygen atoms in total. The highest BCUT2D eigenvalue weighted by atomic mass is 32.1. The summed E-state index contributed by atoms with van der Waals surface area (Å²) in [4.78, 5) is 7.21. The minimum atomic E-state index is 0.389. The van der Waals surface area contributed by atoms with Crippen LogP contribution < -0.4 is 10.6 Å². The van der Waals surface area contributed by atoms with Crippen molar-refractivity contribution in [1.82, 2.24) is 4.98 Å². The van der Waals surface area contributed by atoms with Gasteiger partial charge in [-0.1, -0.05) is 0 Å². The van der Waals surface area contributed by atoms with Crippen LogP contribution in [-0.2, 0) is 0 Å². The summed E-state index contributed by atoms with van der Waals surface area (Å²) in [5.41, 5.74) is 6.14. The predicted octanol–water partition coefficient (Wildman–Crippen LogP) is 2.75. The lowest BCUT2D eigenvalue weighted by molar-refractivity contribution is 0.413. The largest absolute Gasteiger partial charge is 0.350 e. The fraction of sp³-hybridized carbons (Fsp3) is 0.500. The van der Waals surface area contributed by atoms with Crippen molar-refractivity contribution >= 4 is 27.2 Å². The summed E-state index contributed by atoms with van der Waals surface area (Å²) < 4.78 is 1.34. The number of pyridine rings is 1. The second-order valence-corrected chi connectivity index (χ2v) is 6.44. The molecular formula is C14H17N3S. The minimum absolute atomic E-state index is 0.389. The molecule has 2 bridgehead atoms. The maximum absolute atomic E-state index is 6.14. The van der Waals surface area contributed by atoms with Crippen LogP contribution in [0.25, 0.3) is 10.1 Å². The van der Waals surface area contributed by atoms with Gasteiger partial charge in [-0.05, 0) is 43.2 Å². The second kappa shape index (κ2) is 3.93. The molecule has 0 aliphatic carbocycles. The van der Waals surface area contributed by atoms with E-state index in [1.165, 1.54) is 28.7 Å². The average Bonchev–Trinajstić information content (AvgIpc) is 2.92. The molecule has 2 fully saturated rings. The zero-order chi connectivity index (χ0) is 12.1. The van der Waals surface area contributed by atoms with Crippen molar-refractivity contribution in [1.29, 1.82) is 0 Å². The monoisotopic (exact) mass is 259 g/mol. The van der Waals surface area contributed by atoms with E-state index in [1.807, 2.05) is 6.20 Å². The standard InChI is InChI=1S/C14H17N3S/c15-9-7-10-1-2-11(8-9)17(10)14-12-4-6-18-13(12)3-5-16-14/h3-6,9-11H,1-2,7-8,15H2. The van der Waals surface area contributed by atoms with Crippen LogP contribution in [0.5, 0.6) is 0 Å². The Bertz CT molecular complexity index is 565. The van der Waals surface area contributed by atoms with Gasteiger partial charge < -0.3 is 10.6 Å². The molecule has 4 rings (SSSR count). The van der Waals surface area contributed by atoms with Gasteiger partial charge in [0.15, 0.2) is 0 Å². The van der Waals surface area contributed by atoms with E-state index in [0.717, 1.165) is 12.8 Å². The summed E-state index contributed by atoms with van der Waals surface area (Å²) in [5.74, 6) is 1.19. The van der Waals surface area contributed by atoms with E-state index in [0.29, 0.717) is 18.1 Å². The number of thiophene rings is 1. The lowest BCUT2D eigenvalue weighted by Gasteiger charge is -2.38. The molecule has 2 N–H and O–H groups in total. The van der Waals surface area contributed by atoms with Crippen LogP contribution >= 0.6 is 11.3 Å². The van der Waals surface area contributed by atoms with Gasteiger partial charge in [0.1, 0.15) is 5.82 Å². The molecule has 4 heteroatoms. The van der Waals surface area contributed by atoms with Crippen molar-refractivity contribution in [3.05, 3.63) is 23.7 Å². The third kappa shape index (κ3) is 1.49. The summed E-state index contributed by atoms with van der Waals surface area (Å²) in [6.45, 7) is 0. The summed E-state index contributed by atoms with van der Waals surface area (Å²) >= 11 is 1.80. The van der Waals surface area contributed by atoms with E-state index in [-0.39, 0.29) is 0 Å². The van der Waals surface area contributed by atoms with Gasteiger partial charge >= 0.3 is 0 Å². The third-order valence-electron chi connectivity index (χ3n) is 4.37. The summed E-state index contributed by atoms with van der Waals surface area (Å²) in [6, 6.07) is 5.92. The molecule has 0 aromatic carbocycles. The van der Waals surface area contributed by atoms with Crippen molar-refractivity contribution in [3.8, 4) is 0 Å². The molecule has 0 amide bonds. The van der Waals surface area contributed by atoms with Gasteiger partial charge in [-0.3, -0.25) is 0 Å². The van der Waals surface area contributed by atoms with Crippen molar-refractivity contribution < 1.29 is 0 Å². The number of nitrogens with two attached hydrogens (primary N) is 1. The van der Waals surface area contributed by atoms with E-state index in [2.05, 4.69) is 27.4 Å². The fourth-order valence-electron chi connectivity index (χ4n) is 3.65. The van der Waals surface area contributed by atoms with Crippen LogP contribution in [0, 0.1) is 0 Å². The highest BCUT2D eigenvalue weighted by Crippen LogP contribution is 2.41. The number of hydrogen-bond donors (Lipinski definition) is 1. The van der Waals surface area contributed by atoms with Gasteiger partial charge in [-0.2, -0.15) is 0 Å². The SMILES string of the molecule is NC1CC2CCC(C1)N2c1nccc2sccc12. The topological polar surface area (TPSA) is 42.1 Å². The first kappa shape index (κ1) is 10.8. The van der Waals surface area contributed by atoms with Crippen molar-refractivity contribution in [2.24, 2.45) is 5.73 Å². The lowest BCUT2D eigenvalue weighted by Crippen LogP contribution is -2.47. The van der Waals surface area contributed by atoms with Gasteiger partial charge in [0.25, 0.3) is 0 Å². The van der Waals surface area contributed by atoms with Crippen LogP contribution in [0.3, 0.4) is 0 Å². The zero-order valence-electron chi connectivity index (χ0n) is 10.2. The first-order chi connectivity index (χ1) is 8.83. The lowest BCUT2D eigenvalue weighted by atomic mass is 9.98. The number of hydrogen-bond acceptors (Lipinski definition) is 4. The Morgan fingerprint density at radius 2 is 2.00 bits per heavy atom. The second-order valence-electron chi connectivity index (χ2n) is 5.49. The molecule has 18 heavy (non-hydrogen) atoms. The van der Waals surface area contributed by atoms with E-state index < -0.39 is 0 Å². The van der Waals surface area contributed by atoms with E-state index in [9.17, 15) is 0 Å². The zero-order valence-corrected chi connectivity index (χ0v) is 11.1. The van der Waals surface area contributed by atoms with Crippen LogP contribution in [0.4, 0.5) is 5.82 Å². The molecule has 0 saturated carbocycles. The van der Waals surface area contributed by atoms with Crippen molar-refractivity contribution in [2.75, 3.05) is 4.90 Å². The quantitative estimate of drug-likeness (QED) is 0.856. The molecule has 2 unspecified atom stereocenters. The summed E-state index contributed by atoms with van der Waals surface area (Å²) in [7, 11) is 0. The third-order valence-corrected chi connectivity index (χ3v) is 5.26. The number of nitrogens with zero attached hydrogens (tertiary/aromatic N) is 2. The molecule has 2 aromatic rings. The fourth-order valence-corrected chi connectivity index (χ4v) is 4.43. The Labute approximate surface area is 111 Å². The maximum atomic E-state index is 6.14. The minimum Gasteiger partial charge on any atom is -0.350 e. The molecule has 2 aliphatic rings. The maximum Gasteiger partial charge on any atom is 0.137 e. The van der Waals surface area contributed by atoms with Crippen molar-refractivity contribution in [3.63, 3.8) is 0 Å². The first-order valence-corrected chi connectivity index (χ1v) is 7.57. The molecular weight excluding hydrogens is 242 g/mol. The molecule has 4 heterocycles. The van der Waals surface area contributed by atoms with Gasteiger partial charge in [-0.15, -0.1) is 11.3 Å². The van der Waals surface area contributed by atoms with Crippen LogP contribution in [0.1, 0.15) is 25.7 Å². The normalized spacial score (nSPS) is 31.2. The van der Waals surface area contributed by atoms with Gasteiger partial charge in [0.2, 0.25) is 0 Å². The Balaban J connectivity index is 1.81. The Hall–Kier alpha value is -1.13. The van der Waals surface area contributed by atoms with Gasteiger partial charge in [-0.25, -0.2) is 4.98 Å². The first-order valence-electron chi connectivity index (χ1n) is 6.69. The van der Waals surface area contributed by atoms with Gasteiger partial charge in [0, 0.05) is 34.4 Å². The van der Waals surface area contributed by atoms with E-state index in [4.69, 9.17) is 5.73 Å². The van der Waals surface area contributed by atoms with Crippen molar-refractivity contribution in [2.45, 2.75) is 43.8 Å². The number of piperidine rings is 1. The highest BCUT2D eigenvalue weighted by Gasteiger charge is 2.40. The van der Waals surface area contributed by atoms with Crippen LogP contribution in [-0.4, -0.2) is 23.1 Å². The van der Waals surface area contributed by atoms with E-state index in [1.54, 1.807) is 11.3 Å². The number of anilines is 1.